The van der Waals surface area contributed by atoms with Gasteiger partial charge in [0.2, 0.25) is 6.10 Å². The number of amides is 1. The Morgan fingerprint density at radius 1 is 1.00 bits per heavy atom. The van der Waals surface area contributed by atoms with Crippen molar-refractivity contribution in [2.75, 3.05) is 12.0 Å². The van der Waals surface area contributed by atoms with Crippen LogP contribution in [0.15, 0.2) is 60.4 Å². The molecular weight excluding hydrogens is 278 g/mol. The Kier molecular flexibility index (Phi) is 2.89. The second-order valence-electron chi connectivity index (χ2n) is 5.31. The number of β-lactam (4-membered cyclic amide) rings is 1. The van der Waals surface area contributed by atoms with E-state index in [-0.39, 0.29) is 11.9 Å². The standard InChI is InChI=1S/C18H15NO3/c1-21-15-11-12-7-5-6-10-14(12)19-16(15)17(18(19)20)22-13-8-3-2-4-9-13/h2-11,16-17H,1H3/t16-,17+/m1/s1. The van der Waals surface area contributed by atoms with Crippen LogP contribution in [-0.2, 0) is 9.53 Å². The van der Waals surface area contributed by atoms with Gasteiger partial charge in [0, 0.05) is 5.56 Å². The summed E-state index contributed by atoms with van der Waals surface area (Å²) in [5.74, 6) is 1.40. The van der Waals surface area contributed by atoms with Crippen molar-refractivity contribution < 1.29 is 14.3 Å². The van der Waals surface area contributed by atoms with Gasteiger partial charge in [0.1, 0.15) is 17.6 Å². The average molecular weight is 293 g/mol. The summed E-state index contributed by atoms with van der Waals surface area (Å²) in [7, 11) is 1.63. The summed E-state index contributed by atoms with van der Waals surface area (Å²) in [5.41, 5.74) is 1.90. The minimum atomic E-state index is -0.540. The molecule has 0 aromatic heterocycles. The van der Waals surface area contributed by atoms with Gasteiger partial charge in [0.15, 0.2) is 0 Å². The SMILES string of the molecule is COC1=Cc2ccccc2N2C(=O)[C@@H](Oc3ccccc3)[C@@H]12. The molecule has 2 aromatic carbocycles. The summed E-state index contributed by atoms with van der Waals surface area (Å²) >= 11 is 0. The van der Waals surface area contributed by atoms with E-state index in [1.807, 2.05) is 60.7 Å². The summed E-state index contributed by atoms with van der Waals surface area (Å²) in [6, 6.07) is 17.0. The van der Waals surface area contributed by atoms with Gasteiger partial charge in [-0.2, -0.15) is 0 Å². The highest BCUT2D eigenvalue weighted by molar-refractivity contribution is 6.09. The smallest absolute Gasteiger partial charge is 0.271 e. The molecule has 4 nitrogen and oxygen atoms in total. The van der Waals surface area contributed by atoms with Gasteiger partial charge in [-0.15, -0.1) is 0 Å². The van der Waals surface area contributed by atoms with Crippen LogP contribution in [0.4, 0.5) is 5.69 Å². The maximum absolute atomic E-state index is 12.5. The van der Waals surface area contributed by atoms with Crippen molar-refractivity contribution in [3.8, 4) is 5.75 Å². The Morgan fingerprint density at radius 3 is 2.50 bits per heavy atom. The lowest BCUT2D eigenvalue weighted by atomic mass is 9.88. The normalized spacial score (nSPS) is 22.1. The molecule has 4 heteroatoms. The third-order valence-electron chi connectivity index (χ3n) is 4.07. The highest BCUT2D eigenvalue weighted by Gasteiger charge is 2.54. The Hall–Kier alpha value is -2.75. The fraction of sp³-hybridized carbons (Fsp3) is 0.167. The van der Waals surface area contributed by atoms with Gasteiger partial charge in [-0.25, -0.2) is 0 Å². The number of ether oxygens (including phenoxy) is 2. The third kappa shape index (κ3) is 1.80. The number of hydrogen-bond donors (Lipinski definition) is 0. The van der Waals surface area contributed by atoms with Crippen LogP contribution in [-0.4, -0.2) is 25.2 Å². The van der Waals surface area contributed by atoms with Crippen LogP contribution in [0.5, 0.6) is 5.75 Å². The van der Waals surface area contributed by atoms with Crippen LogP contribution < -0.4 is 9.64 Å². The molecule has 0 N–H and O–H groups in total. The Balaban J connectivity index is 1.69. The monoisotopic (exact) mass is 293 g/mol. The lowest BCUT2D eigenvalue weighted by Gasteiger charge is -2.48. The lowest BCUT2D eigenvalue weighted by Crippen LogP contribution is -2.69. The van der Waals surface area contributed by atoms with E-state index in [9.17, 15) is 4.79 Å². The molecule has 0 bridgehead atoms. The van der Waals surface area contributed by atoms with E-state index in [0.717, 1.165) is 17.0 Å². The molecule has 0 spiro atoms. The van der Waals surface area contributed by atoms with Gasteiger partial charge >= 0.3 is 0 Å². The van der Waals surface area contributed by atoms with Gasteiger partial charge in [0.05, 0.1) is 12.8 Å². The van der Waals surface area contributed by atoms with E-state index in [2.05, 4.69) is 0 Å². The first-order chi connectivity index (χ1) is 10.8. The van der Waals surface area contributed by atoms with E-state index < -0.39 is 6.10 Å². The molecule has 2 aliphatic rings. The molecule has 2 heterocycles. The fourth-order valence-corrected chi connectivity index (χ4v) is 3.02. The number of methoxy groups -OCH3 is 1. The highest BCUT2D eigenvalue weighted by atomic mass is 16.5. The van der Waals surface area contributed by atoms with Gasteiger partial charge in [-0.05, 0) is 24.3 Å². The number of fused-ring (bicyclic) bond motifs is 3. The zero-order chi connectivity index (χ0) is 15.1. The topological polar surface area (TPSA) is 38.8 Å². The predicted octanol–water partition coefficient (Wildman–Crippen LogP) is 2.85. The first-order valence-electron chi connectivity index (χ1n) is 7.19. The molecular formula is C18H15NO3. The number of carbonyl (C=O) groups excluding carboxylic acids is 1. The van der Waals surface area contributed by atoms with Crippen molar-refractivity contribution >= 4 is 17.7 Å². The lowest BCUT2D eigenvalue weighted by molar-refractivity contribution is -0.134. The number of hydrogen-bond acceptors (Lipinski definition) is 3. The number of rotatable bonds is 3. The van der Waals surface area contributed by atoms with E-state index in [4.69, 9.17) is 9.47 Å². The second kappa shape index (κ2) is 4.91. The first kappa shape index (κ1) is 13.0. The Bertz CT molecular complexity index is 754. The molecule has 0 radical (unpaired) electrons. The van der Waals surface area contributed by atoms with Crippen molar-refractivity contribution in [1.29, 1.82) is 0 Å². The van der Waals surface area contributed by atoms with E-state index in [1.165, 1.54) is 0 Å². The molecule has 0 unspecified atom stereocenters. The molecule has 22 heavy (non-hydrogen) atoms. The summed E-state index contributed by atoms with van der Waals surface area (Å²) in [6.45, 7) is 0. The van der Waals surface area contributed by atoms with Crippen molar-refractivity contribution in [2.45, 2.75) is 12.1 Å². The number of nitrogens with zero attached hydrogens (tertiary/aromatic N) is 1. The van der Waals surface area contributed by atoms with Crippen molar-refractivity contribution in [1.82, 2.24) is 0 Å². The quantitative estimate of drug-likeness (QED) is 0.817. The largest absolute Gasteiger partial charge is 0.499 e. The molecule has 1 amide bonds. The zero-order valence-corrected chi connectivity index (χ0v) is 12.1. The van der Waals surface area contributed by atoms with Crippen LogP contribution in [0.25, 0.3) is 6.08 Å². The minimum absolute atomic E-state index is 0.0380. The number of benzene rings is 2. The van der Waals surface area contributed by atoms with E-state index >= 15 is 0 Å². The number of para-hydroxylation sites is 2. The third-order valence-corrected chi connectivity index (χ3v) is 4.07. The van der Waals surface area contributed by atoms with Gasteiger partial charge in [0.25, 0.3) is 5.91 Å². The molecule has 2 aliphatic heterocycles. The molecule has 4 rings (SSSR count). The van der Waals surface area contributed by atoms with Crippen LogP contribution in [0.1, 0.15) is 5.56 Å². The Morgan fingerprint density at radius 2 is 1.73 bits per heavy atom. The molecule has 110 valence electrons. The van der Waals surface area contributed by atoms with Crippen molar-refractivity contribution in [3.63, 3.8) is 0 Å². The second-order valence-corrected chi connectivity index (χ2v) is 5.31. The minimum Gasteiger partial charge on any atom is -0.499 e. The summed E-state index contributed by atoms with van der Waals surface area (Å²) < 4.78 is 11.4. The molecule has 2 atom stereocenters. The maximum atomic E-state index is 12.5. The van der Waals surface area contributed by atoms with Crippen molar-refractivity contribution in [3.05, 3.63) is 65.9 Å². The number of anilines is 1. The zero-order valence-electron chi connectivity index (χ0n) is 12.1. The van der Waals surface area contributed by atoms with Crippen LogP contribution in [0.2, 0.25) is 0 Å². The van der Waals surface area contributed by atoms with Gasteiger partial charge in [-0.1, -0.05) is 36.4 Å². The predicted molar refractivity (Wildman–Crippen MR) is 83.6 cm³/mol. The molecule has 2 aromatic rings. The number of carbonyl (C=O) groups is 1. The average Bonchev–Trinajstić information content (AvgIpc) is 2.58. The van der Waals surface area contributed by atoms with Gasteiger partial charge in [-0.3, -0.25) is 9.69 Å². The molecule has 0 aliphatic carbocycles. The van der Waals surface area contributed by atoms with E-state index in [1.54, 1.807) is 12.0 Å². The fourth-order valence-electron chi connectivity index (χ4n) is 3.02. The summed E-state index contributed by atoms with van der Waals surface area (Å²) in [4.78, 5) is 14.3. The maximum Gasteiger partial charge on any atom is 0.271 e. The van der Waals surface area contributed by atoms with Crippen LogP contribution in [0, 0.1) is 0 Å². The van der Waals surface area contributed by atoms with Gasteiger partial charge < -0.3 is 9.47 Å². The van der Waals surface area contributed by atoms with Crippen LogP contribution in [0.3, 0.4) is 0 Å². The Labute approximate surface area is 128 Å². The summed E-state index contributed by atoms with van der Waals surface area (Å²) in [5, 5.41) is 0. The van der Waals surface area contributed by atoms with Crippen molar-refractivity contribution in [2.24, 2.45) is 0 Å². The first-order valence-corrected chi connectivity index (χ1v) is 7.19. The summed E-state index contributed by atoms with van der Waals surface area (Å²) in [6.07, 6.45) is 1.44. The van der Waals surface area contributed by atoms with E-state index in [0.29, 0.717) is 5.75 Å². The molecule has 0 saturated carbocycles. The van der Waals surface area contributed by atoms with Crippen LogP contribution >= 0.6 is 0 Å². The molecule has 1 fully saturated rings. The molecule has 1 saturated heterocycles. The highest BCUT2D eigenvalue weighted by Crippen LogP contribution is 2.41.